The molecule has 5 heterocycles. The molecule has 0 N–H and O–H groups in total. The van der Waals surface area contributed by atoms with E-state index in [2.05, 4.69) is 9.97 Å². The molecule has 3 aromatic heterocycles. The van der Waals surface area contributed by atoms with Gasteiger partial charge in [0.25, 0.3) is 11.8 Å². The Morgan fingerprint density at radius 1 is 0.968 bits per heavy atom. The van der Waals surface area contributed by atoms with Crippen LogP contribution in [0.1, 0.15) is 31.7 Å². The Hall–Kier alpha value is -2.88. The molecule has 2 aliphatic heterocycles. The van der Waals surface area contributed by atoms with Gasteiger partial charge in [0.15, 0.2) is 0 Å². The zero-order chi connectivity index (χ0) is 21.2. The van der Waals surface area contributed by atoms with Gasteiger partial charge in [-0.25, -0.2) is 4.98 Å². The van der Waals surface area contributed by atoms with E-state index in [0.717, 1.165) is 15.8 Å². The minimum Gasteiger partial charge on any atom is -0.378 e. The first-order valence-corrected chi connectivity index (χ1v) is 11.1. The van der Waals surface area contributed by atoms with Crippen molar-refractivity contribution < 1.29 is 19.1 Å². The summed E-state index contributed by atoms with van der Waals surface area (Å²) in [5, 5.41) is 0.910. The smallest absolute Gasteiger partial charge is 0.264 e. The van der Waals surface area contributed by atoms with Gasteiger partial charge in [-0.1, -0.05) is 6.07 Å². The number of carbonyl (C=O) groups is 2. The zero-order valence-corrected chi connectivity index (χ0v) is 17.7. The molecule has 1 unspecified atom stereocenters. The maximum Gasteiger partial charge on any atom is 0.264 e. The van der Waals surface area contributed by atoms with E-state index in [-0.39, 0.29) is 11.8 Å². The van der Waals surface area contributed by atoms with Crippen LogP contribution in [0.5, 0.6) is 0 Å². The van der Waals surface area contributed by atoms with Gasteiger partial charge >= 0.3 is 0 Å². The summed E-state index contributed by atoms with van der Waals surface area (Å²) in [4.78, 5) is 39.9. The maximum absolute atomic E-state index is 13.4. The Kier molecular flexibility index (Phi) is 5.63. The number of ether oxygens (including phenoxy) is 2. The molecule has 0 spiro atoms. The van der Waals surface area contributed by atoms with Crippen LogP contribution in [0.15, 0.2) is 42.9 Å². The summed E-state index contributed by atoms with van der Waals surface area (Å²) in [6.07, 6.45) is 4.56. The second kappa shape index (κ2) is 8.70. The van der Waals surface area contributed by atoms with Crippen LogP contribution in [-0.2, 0) is 9.47 Å². The molecule has 0 saturated carbocycles. The van der Waals surface area contributed by atoms with Crippen molar-refractivity contribution in [1.29, 1.82) is 0 Å². The number of pyridine rings is 2. The van der Waals surface area contributed by atoms with E-state index in [9.17, 15) is 9.59 Å². The molecule has 0 bridgehead atoms. The topological polar surface area (TPSA) is 84.9 Å². The predicted octanol–water partition coefficient (Wildman–Crippen LogP) is 2.38. The van der Waals surface area contributed by atoms with E-state index in [0.29, 0.717) is 56.4 Å². The lowest BCUT2D eigenvalue weighted by molar-refractivity contribution is -0.0225. The van der Waals surface area contributed by atoms with Crippen LogP contribution in [-0.4, -0.2) is 77.6 Å². The van der Waals surface area contributed by atoms with Crippen LogP contribution >= 0.6 is 11.3 Å². The van der Waals surface area contributed by atoms with Gasteiger partial charge in [-0.2, -0.15) is 0 Å². The first kappa shape index (κ1) is 20.0. The van der Waals surface area contributed by atoms with Crippen molar-refractivity contribution in [2.24, 2.45) is 0 Å². The molecule has 0 radical (unpaired) electrons. The van der Waals surface area contributed by atoms with Gasteiger partial charge in [-0.3, -0.25) is 14.6 Å². The first-order chi connectivity index (χ1) is 15.2. The molecule has 1 atom stereocenters. The zero-order valence-electron chi connectivity index (χ0n) is 16.9. The van der Waals surface area contributed by atoms with Crippen molar-refractivity contribution >= 4 is 33.4 Å². The van der Waals surface area contributed by atoms with Crippen LogP contribution in [0.2, 0.25) is 0 Å². The van der Waals surface area contributed by atoms with Crippen molar-refractivity contribution in [3.63, 3.8) is 0 Å². The number of hydrogen-bond acceptors (Lipinski definition) is 7. The molecule has 31 heavy (non-hydrogen) atoms. The average molecular weight is 439 g/mol. The molecule has 2 amide bonds. The lowest BCUT2D eigenvalue weighted by Gasteiger charge is -2.34. The van der Waals surface area contributed by atoms with Crippen LogP contribution in [0.4, 0.5) is 0 Å². The number of hydrogen-bond donors (Lipinski definition) is 0. The van der Waals surface area contributed by atoms with E-state index in [1.165, 1.54) is 11.3 Å². The van der Waals surface area contributed by atoms with Crippen LogP contribution < -0.4 is 0 Å². The van der Waals surface area contributed by atoms with Gasteiger partial charge < -0.3 is 19.3 Å². The summed E-state index contributed by atoms with van der Waals surface area (Å²) in [6, 6.07) is 7.26. The summed E-state index contributed by atoms with van der Waals surface area (Å²) in [5.74, 6) is -0.0862. The summed E-state index contributed by atoms with van der Waals surface area (Å²) < 4.78 is 11.5. The molecular weight excluding hydrogens is 416 g/mol. The molecule has 9 heteroatoms. The summed E-state index contributed by atoms with van der Waals surface area (Å²) in [7, 11) is 0. The predicted molar refractivity (Wildman–Crippen MR) is 115 cm³/mol. The largest absolute Gasteiger partial charge is 0.378 e. The highest BCUT2D eigenvalue weighted by molar-refractivity contribution is 7.20. The summed E-state index contributed by atoms with van der Waals surface area (Å²) in [5.41, 5.74) is 1.42. The summed E-state index contributed by atoms with van der Waals surface area (Å²) >= 11 is 1.39. The minimum atomic E-state index is -0.391. The van der Waals surface area contributed by atoms with Gasteiger partial charge in [-0.15, -0.1) is 11.3 Å². The normalized spacial score (nSPS) is 19.5. The number of thiophene rings is 1. The fourth-order valence-corrected chi connectivity index (χ4v) is 5.19. The molecule has 5 rings (SSSR count). The lowest BCUT2D eigenvalue weighted by Crippen LogP contribution is -2.43. The third kappa shape index (κ3) is 3.91. The van der Waals surface area contributed by atoms with Gasteiger partial charge in [0, 0.05) is 54.7 Å². The van der Waals surface area contributed by atoms with Crippen molar-refractivity contribution in [3.8, 4) is 0 Å². The van der Waals surface area contributed by atoms with E-state index in [4.69, 9.17) is 9.47 Å². The monoisotopic (exact) mass is 438 g/mol. The fraction of sp³-hybridized carbons (Fsp3) is 0.364. The molecule has 0 aromatic carbocycles. The van der Waals surface area contributed by atoms with E-state index < -0.39 is 6.10 Å². The maximum atomic E-state index is 13.4. The molecule has 3 aromatic rings. The average Bonchev–Trinajstić information content (AvgIpc) is 3.24. The molecule has 2 aliphatic rings. The highest BCUT2D eigenvalue weighted by atomic mass is 32.1. The first-order valence-electron chi connectivity index (χ1n) is 10.3. The Balaban J connectivity index is 1.48. The Labute approximate surface area is 183 Å². The van der Waals surface area contributed by atoms with Crippen molar-refractivity contribution in [3.05, 3.63) is 58.9 Å². The van der Waals surface area contributed by atoms with E-state index in [1.807, 2.05) is 17.0 Å². The highest BCUT2D eigenvalue weighted by Crippen LogP contribution is 2.38. The number of amides is 2. The number of morpholine rings is 2. The van der Waals surface area contributed by atoms with Gasteiger partial charge in [0.05, 0.1) is 26.4 Å². The summed E-state index contributed by atoms with van der Waals surface area (Å²) in [6.45, 7) is 3.51. The Morgan fingerprint density at radius 2 is 1.74 bits per heavy atom. The second-order valence-corrected chi connectivity index (χ2v) is 8.45. The van der Waals surface area contributed by atoms with E-state index >= 15 is 0 Å². The number of fused-ring (bicyclic) bond motifs is 1. The third-order valence-corrected chi connectivity index (χ3v) is 6.72. The van der Waals surface area contributed by atoms with Gasteiger partial charge in [-0.05, 0) is 18.2 Å². The van der Waals surface area contributed by atoms with E-state index in [1.54, 1.807) is 35.6 Å². The van der Waals surface area contributed by atoms with Crippen LogP contribution in [0.3, 0.4) is 0 Å². The molecule has 0 aliphatic carbocycles. The quantitative estimate of drug-likeness (QED) is 0.624. The minimum absolute atomic E-state index is 0.0255. The Bertz CT molecular complexity index is 1100. The highest BCUT2D eigenvalue weighted by Gasteiger charge is 2.33. The van der Waals surface area contributed by atoms with Crippen molar-refractivity contribution in [2.75, 3.05) is 46.0 Å². The van der Waals surface area contributed by atoms with Gasteiger partial charge in [0.2, 0.25) is 0 Å². The third-order valence-electron chi connectivity index (χ3n) is 5.60. The molecule has 2 saturated heterocycles. The molecule has 8 nitrogen and oxygen atoms in total. The molecule has 2 fully saturated rings. The van der Waals surface area contributed by atoms with Crippen molar-refractivity contribution in [2.45, 2.75) is 6.10 Å². The van der Waals surface area contributed by atoms with Crippen LogP contribution in [0.25, 0.3) is 10.2 Å². The van der Waals surface area contributed by atoms with Gasteiger partial charge in [0.1, 0.15) is 15.8 Å². The number of carbonyl (C=O) groups excluding carboxylic acids is 2. The molecular formula is C22H22N4O4S. The second-order valence-electron chi connectivity index (χ2n) is 7.45. The van der Waals surface area contributed by atoms with Crippen LogP contribution in [0, 0.1) is 0 Å². The van der Waals surface area contributed by atoms with Crippen molar-refractivity contribution in [1.82, 2.24) is 19.8 Å². The standard InChI is InChI=1S/C22H22N4O4S/c27-21(15-3-6-23-7-4-15)26-10-13-30-17(14-26)18-16-2-1-5-24-20(16)31-19(18)22(28)25-8-11-29-12-9-25/h1-7,17H,8-14H2. The lowest BCUT2D eigenvalue weighted by atomic mass is 10.0. The Morgan fingerprint density at radius 3 is 2.55 bits per heavy atom. The number of nitrogens with zero attached hydrogens (tertiary/aromatic N) is 4. The number of aromatic nitrogens is 2. The SMILES string of the molecule is O=C(c1ccncc1)N1CCOC(c2c(C(=O)N3CCOCC3)sc3ncccc23)C1. The fourth-order valence-electron chi connectivity index (χ4n) is 4.03. The molecule has 160 valence electrons. The number of rotatable bonds is 3.